The summed E-state index contributed by atoms with van der Waals surface area (Å²) in [6, 6.07) is 76.3. The number of furan rings is 1. The van der Waals surface area contributed by atoms with Crippen molar-refractivity contribution in [2.45, 2.75) is 0 Å². The molecule has 3 aromatic heterocycles. The van der Waals surface area contributed by atoms with Gasteiger partial charge in [-0.15, -0.1) is 0 Å². The molecule has 5 heteroatoms. The van der Waals surface area contributed by atoms with Crippen molar-refractivity contribution in [2.24, 2.45) is 0 Å². The van der Waals surface area contributed by atoms with E-state index in [-0.39, 0.29) is 0 Å². The number of aromatic nitrogens is 4. The van der Waals surface area contributed by atoms with E-state index in [9.17, 15) is 0 Å². The molecule has 0 unspecified atom stereocenters. The Labute approximate surface area is 357 Å². The molecule has 12 aromatic rings. The lowest BCUT2D eigenvalue weighted by molar-refractivity contribution is 0.669. The van der Waals surface area contributed by atoms with Gasteiger partial charge in [0.05, 0.1) is 11.0 Å². The number of rotatable bonds is 7. The van der Waals surface area contributed by atoms with Crippen LogP contribution in [0.4, 0.5) is 0 Å². The summed E-state index contributed by atoms with van der Waals surface area (Å²) in [5.41, 5.74) is 14.5. The van der Waals surface area contributed by atoms with Gasteiger partial charge in [0, 0.05) is 43.9 Å². The van der Waals surface area contributed by atoms with Gasteiger partial charge in [0.25, 0.3) is 0 Å². The zero-order valence-electron chi connectivity index (χ0n) is 33.5. The minimum absolute atomic E-state index is 0.572. The average Bonchev–Trinajstić information content (AvgIpc) is 3.90. The van der Waals surface area contributed by atoms with Gasteiger partial charge in [-0.25, -0.2) is 15.0 Å². The first-order chi connectivity index (χ1) is 30.7. The van der Waals surface area contributed by atoms with Gasteiger partial charge in [0.2, 0.25) is 0 Å². The number of nitrogens with zero attached hydrogens (tertiary/aromatic N) is 4. The molecular weight excluding hydrogens is 757 g/mol. The van der Waals surface area contributed by atoms with Crippen molar-refractivity contribution in [3.63, 3.8) is 0 Å². The van der Waals surface area contributed by atoms with Gasteiger partial charge in [0.15, 0.2) is 17.5 Å². The van der Waals surface area contributed by atoms with Crippen LogP contribution >= 0.6 is 0 Å². The minimum atomic E-state index is 0.572. The van der Waals surface area contributed by atoms with Crippen molar-refractivity contribution in [3.05, 3.63) is 218 Å². The van der Waals surface area contributed by atoms with E-state index in [1.807, 2.05) is 12.1 Å². The number of hydrogen-bond donors (Lipinski definition) is 0. The fourth-order valence-electron chi connectivity index (χ4n) is 8.90. The topological polar surface area (TPSA) is 56.7 Å². The van der Waals surface area contributed by atoms with E-state index >= 15 is 0 Å². The molecule has 0 radical (unpaired) electrons. The van der Waals surface area contributed by atoms with E-state index in [1.165, 1.54) is 21.8 Å². The van der Waals surface area contributed by atoms with E-state index in [0.717, 1.165) is 77.7 Å². The highest BCUT2D eigenvalue weighted by Crippen LogP contribution is 2.41. The molecule has 0 atom stereocenters. The summed E-state index contributed by atoms with van der Waals surface area (Å²) in [7, 11) is 0. The van der Waals surface area contributed by atoms with Gasteiger partial charge in [0.1, 0.15) is 11.2 Å². The van der Waals surface area contributed by atoms with Crippen molar-refractivity contribution < 1.29 is 4.42 Å². The number of fused-ring (bicyclic) bond motifs is 6. The fraction of sp³-hybridized carbons (Fsp3) is 0. The van der Waals surface area contributed by atoms with E-state index in [1.54, 1.807) is 0 Å². The molecule has 0 saturated carbocycles. The highest BCUT2D eigenvalue weighted by Gasteiger charge is 2.19. The Balaban J connectivity index is 0.994. The minimum Gasteiger partial charge on any atom is -0.456 e. The second-order valence-corrected chi connectivity index (χ2v) is 15.6. The van der Waals surface area contributed by atoms with Crippen molar-refractivity contribution in [1.82, 2.24) is 19.5 Å². The van der Waals surface area contributed by atoms with E-state index in [4.69, 9.17) is 19.4 Å². The SMILES string of the molecule is c1ccc(-c2cccc(-c3nc(-c4cccc(-c5ccccc5)c4)nc(-c4ccc5c(c4)oc4cccc(-c6ccc7c(c6)c6ccccc6n7-c6ccccc6)c45)n3)c2)cc1. The molecule has 3 heterocycles. The summed E-state index contributed by atoms with van der Waals surface area (Å²) < 4.78 is 9.03. The van der Waals surface area contributed by atoms with Crippen LogP contribution in [-0.4, -0.2) is 19.5 Å². The molecule has 0 N–H and O–H groups in total. The molecule has 5 nitrogen and oxygen atoms in total. The van der Waals surface area contributed by atoms with Gasteiger partial charge in [-0.1, -0.05) is 158 Å². The van der Waals surface area contributed by atoms with Crippen LogP contribution in [0.3, 0.4) is 0 Å². The molecule has 0 aliphatic carbocycles. The van der Waals surface area contributed by atoms with Crippen LogP contribution in [0.1, 0.15) is 0 Å². The zero-order chi connectivity index (χ0) is 41.0. The Kier molecular flexibility index (Phi) is 8.42. The summed E-state index contributed by atoms with van der Waals surface area (Å²) in [4.78, 5) is 15.4. The number of para-hydroxylation sites is 2. The fourth-order valence-corrected chi connectivity index (χ4v) is 8.90. The smallest absolute Gasteiger partial charge is 0.164 e. The van der Waals surface area contributed by atoms with Crippen LogP contribution < -0.4 is 0 Å². The van der Waals surface area contributed by atoms with Crippen LogP contribution in [0, 0.1) is 0 Å². The monoisotopic (exact) mass is 792 g/mol. The predicted octanol–water partition coefficient (Wildman–Crippen LogP) is 14.9. The summed E-state index contributed by atoms with van der Waals surface area (Å²) in [5.74, 6) is 1.77. The van der Waals surface area contributed by atoms with Gasteiger partial charge in [-0.2, -0.15) is 0 Å². The standard InChI is InChI=1S/C57H36N4O/c1-4-15-37(16-5-1)39-19-12-21-42(33-39)55-58-56(43-22-13-20-40(34-43)38-17-6-2-7-18-38)60-57(59-55)44-29-31-48-53(36-44)62-52-28-14-26-46(54(48)52)41-30-32-51-49(35-41)47-25-10-11-27-50(47)61(51)45-23-8-3-9-24-45/h1-36H. The Hall–Kier alpha value is -8.41. The van der Waals surface area contributed by atoms with Gasteiger partial charge >= 0.3 is 0 Å². The average molecular weight is 793 g/mol. The van der Waals surface area contributed by atoms with E-state index in [0.29, 0.717) is 17.5 Å². The normalized spacial score (nSPS) is 11.5. The third kappa shape index (κ3) is 6.14. The van der Waals surface area contributed by atoms with Gasteiger partial charge in [-0.05, 0) is 94.0 Å². The molecule has 0 bridgehead atoms. The molecule has 0 amide bonds. The molecule has 0 aliphatic rings. The molecular formula is C57H36N4O. The molecule has 0 aliphatic heterocycles. The molecule has 0 saturated heterocycles. The van der Waals surface area contributed by atoms with Crippen molar-refractivity contribution in [2.75, 3.05) is 0 Å². The van der Waals surface area contributed by atoms with Gasteiger partial charge < -0.3 is 8.98 Å². The summed E-state index contributed by atoms with van der Waals surface area (Å²) in [6.45, 7) is 0. The second-order valence-electron chi connectivity index (χ2n) is 15.6. The van der Waals surface area contributed by atoms with Crippen molar-refractivity contribution >= 4 is 43.7 Å². The van der Waals surface area contributed by atoms with Crippen molar-refractivity contribution in [1.29, 1.82) is 0 Å². The lowest BCUT2D eigenvalue weighted by atomic mass is 9.97. The van der Waals surface area contributed by atoms with E-state index < -0.39 is 0 Å². The van der Waals surface area contributed by atoms with Crippen LogP contribution in [-0.2, 0) is 0 Å². The first-order valence-electron chi connectivity index (χ1n) is 20.8. The molecule has 9 aromatic carbocycles. The van der Waals surface area contributed by atoms with Crippen LogP contribution in [0.25, 0.3) is 117 Å². The first-order valence-corrected chi connectivity index (χ1v) is 20.8. The molecule has 290 valence electrons. The lowest BCUT2D eigenvalue weighted by Crippen LogP contribution is -2.00. The largest absolute Gasteiger partial charge is 0.456 e. The summed E-state index contributed by atoms with van der Waals surface area (Å²) >= 11 is 0. The van der Waals surface area contributed by atoms with Gasteiger partial charge in [-0.3, -0.25) is 0 Å². The molecule has 12 rings (SSSR count). The Morgan fingerprint density at radius 2 is 0.823 bits per heavy atom. The summed E-state index contributed by atoms with van der Waals surface area (Å²) in [5, 5.41) is 4.54. The highest BCUT2D eigenvalue weighted by atomic mass is 16.3. The van der Waals surface area contributed by atoms with E-state index in [2.05, 4.69) is 211 Å². The third-order valence-corrected chi connectivity index (χ3v) is 11.8. The van der Waals surface area contributed by atoms with Crippen LogP contribution in [0.15, 0.2) is 223 Å². The predicted molar refractivity (Wildman–Crippen MR) is 254 cm³/mol. The zero-order valence-corrected chi connectivity index (χ0v) is 33.5. The summed E-state index contributed by atoms with van der Waals surface area (Å²) in [6.07, 6.45) is 0. The second kappa shape index (κ2) is 14.7. The maximum atomic E-state index is 6.68. The Morgan fingerprint density at radius 3 is 1.48 bits per heavy atom. The lowest BCUT2D eigenvalue weighted by Gasteiger charge is -2.11. The Morgan fingerprint density at radius 1 is 0.306 bits per heavy atom. The quantitative estimate of drug-likeness (QED) is 0.161. The van der Waals surface area contributed by atoms with Crippen LogP contribution in [0.2, 0.25) is 0 Å². The maximum Gasteiger partial charge on any atom is 0.164 e. The Bertz CT molecular complexity index is 3530. The number of hydrogen-bond acceptors (Lipinski definition) is 4. The molecule has 62 heavy (non-hydrogen) atoms. The number of benzene rings is 9. The van der Waals surface area contributed by atoms with Crippen LogP contribution in [0.5, 0.6) is 0 Å². The maximum absolute atomic E-state index is 6.68. The molecule has 0 fully saturated rings. The highest BCUT2D eigenvalue weighted by molar-refractivity contribution is 6.15. The van der Waals surface area contributed by atoms with Crippen molar-refractivity contribution in [3.8, 4) is 73.2 Å². The first kappa shape index (κ1) is 35.5. The molecule has 0 spiro atoms. The third-order valence-electron chi connectivity index (χ3n) is 11.8.